The molecule has 0 amide bonds. The lowest BCUT2D eigenvalue weighted by Crippen LogP contribution is -2.49. The SMILES string of the molecule is CC(C)(C)[Si](C)(C)OC[C@]12C=C(COC(=O)c3ccccc3)[C@@H](O1)C1C(=O)OC(=O)C12. The summed E-state index contributed by atoms with van der Waals surface area (Å²) in [6.45, 7) is 10.8. The molecule has 166 valence electrons. The second kappa shape index (κ2) is 7.39. The lowest BCUT2D eigenvalue weighted by Gasteiger charge is -2.39. The summed E-state index contributed by atoms with van der Waals surface area (Å²) in [7, 11) is -2.13. The van der Waals surface area contributed by atoms with Gasteiger partial charge in [-0.25, -0.2) is 4.79 Å². The number of carbonyl (C=O) groups excluding carboxylic acids is 3. The summed E-state index contributed by atoms with van der Waals surface area (Å²) in [6.07, 6.45) is 1.15. The van der Waals surface area contributed by atoms with Crippen molar-refractivity contribution >= 4 is 26.2 Å². The number of ether oxygens (including phenoxy) is 3. The van der Waals surface area contributed by atoms with Crippen LogP contribution in [-0.4, -0.2) is 51.1 Å². The smallest absolute Gasteiger partial charge is 0.338 e. The minimum atomic E-state index is -2.13. The van der Waals surface area contributed by atoms with Gasteiger partial charge in [0.2, 0.25) is 0 Å². The third kappa shape index (κ3) is 3.66. The van der Waals surface area contributed by atoms with E-state index in [2.05, 4.69) is 33.9 Å². The largest absolute Gasteiger partial charge is 0.457 e. The van der Waals surface area contributed by atoms with Gasteiger partial charge in [-0.15, -0.1) is 0 Å². The van der Waals surface area contributed by atoms with E-state index in [0.717, 1.165) is 0 Å². The summed E-state index contributed by atoms with van der Waals surface area (Å²) in [4.78, 5) is 37.2. The van der Waals surface area contributed by atoms with Gasteiger partial charge in [-0.1, -0.05) is 39.0 Å². The van der Waals surface area contributed by atoms with Crippen LogP contribution in [0.25, 0.3) is 0 Å². The van der Waals surface area contributed by atoms with E-state index in [9.17, 15) is 14.4 Å². The van der Waals surface area contributed by atoms with Crippen molar-refractivity contribution in [2.45, 2.75) is 50.6 Å². The summed E-state index contributed by atoms with van der Waals surface area (Å²) < 4.78 is 23.0. The van der Waals surface area contributed by atoms with Crippen molar-refractivity contribution in [3.8, 4) is 0 Å². The van der Waals surface area contributed by atoms with Gasteiger partial charge in [0.25, 0.3) is 0 Å². The Morgan fingerprint density at radius 1 is 1.13 bits per heavy atom. The van der Waals surface area contributed by atoms with Gasteiger partial charge >= 0.3 is 17.9 Å². The van der Waals surface area contributed by atoms with E-state index >= 15 is 0 Å². The molecule has 3 aliphatic rings. The first-order chi connectivity index (χ1) is 14.5. The highest BCUT2D eigenvalue weighted by molar-refractivity contribution is 6.74. The molecule has 0 aliphatic carbocycles. The molecule has 1 aromatic carbocycles. The van der Waals surface area contributed by atoms with Gasteiger partial charge in [-0.2, -0.15) is 0 Å². The molecule has 0 aromatic heterocycles. The van der Waals surface area contributed by atoms with Crippen LogP contribution in [0.4, 0.5) is 0 Å². The summed E-state index contributed by atoms with van der Waals surface area (Å²) in [5.74, 6) is -3.09. The lowest BCUT2D eigenvalue weighted by molar-refractivity contribution is -0.159. The first-order valence-corrected chi connectivity index (χ1v) is 13.4. The predicted octanol–water partition coefficient (Wildman–Crippen LogP) is 3.26. The van der Waals surface area contributed by atoms with Crippen molar-refractivity contribution in [3.63, 3.8) is 0 Å². The minimum Gasteiger partial charge on any atom is -0.457 e. The Morgan fingerprint density at radius 3 is 2.45 bits per heavy atom. The van der Waals surface area contributed by atoms with Gasteiger partial charge in [0.15, 0.2) is 8.32 Å². The van der Waals surface area contributed by atoms with E-state index in [1.165, 1.54) is 0 Å². The van der Waals surface area contributed by atoms with Gasteiger partial charge in [0, 0.05) is 0 Å². The molecule has 2 unspecified atom stereocenters. The molecule has 4 rings (SSSR count). The highest BCUT2D eigenvalue weighted by atomic mass is 28.4. The van der Waals surface area contributed by atoms with E-state index in [-0.39, 0.29) is 18.3 Å². The highest BCUT2D eigenvalue weighted by Crippen LogP contribution is 2.54. The highest BCUT2D eigenvalue weighted by Gasteiger charge is 2.69. The number of rotatable bonds is 6. The number of hydrogen-bond donors (Lipinski definition) is 0. The number of esters is 3. The van der Waals surface area contributed by atoms with Crippen LogP contribution < -0.4 is 0 Å². The van der Waals surface area contributed by atoms with Gasteiger partial charge in [-0.3, -0.25) is 9.59 Å². The molecule has 0 saturated carbocycles. The molecular weight excluding hydrogens is 416 g/mol. The number of fused-ring (bicyclic) bond motifs is 5. The Balaban J connectivity index is 1.56. The summed E-state index contributed by atoms with van der Waals surface area (Å²) >= 11 is 0. The third-order valence-electron chi connectivity index (χ3n) is 6.92. The van der Waals surface area contributed by atoms with Crippen LogP contribution >= 0.6 is 0 Å². The average molecular weight is 445 g/mol. The zero-order valence-corrected chi connectivity index (χ0v) is 19.5. The molecule has 3 aliphatic heterocycles. The maximum atomic E-state index is 12.5. The molecular formula is C23H28O7Si. The molecule has 8 heteroatoms. The summed E-state index contributed by atoms with van der Waals surface area (Å²) in [6, 6.07) is 8.68. The van der Waals surface area contributed by atoms with E-state index in [4.69, 9.17) is 18.6 Å². The fourth-order valence-corrected chi connectivity index (χ4v) is 5.15. The topological polar surface area (TPSA) is 88.1 Å². The maximum absolute atomic E-state index is 12.5. The molecule has 2 saturated heterocycles. The molecule has 3 heterocycles. The second-order valence-electron chi connectivity index (χ2n) is 9.95. The zero-order chi connectivity index (χ0) is 22.6. The van der Waals surface area contributed by atoms with Crippen molar-refractivity contribution in [2.75, 3.05) is 13.2 Å². The number of cyclic esters (lactones) is 2. The quantitative estimate of drug-likeness (QED) is 0.288. The summed E-state index contributed by atoms with van der Waals surface area (Å²) in [5, 5.41) is -0.0244. The van der Waals surface area contributed by atoms with Crippen molar-refractivity contribution in [1.29, 1.82) is 0 Å². The van der Waals surface area contributed by atoms with E-state index in [1.54, 1.807) is 24.3 Å². The lowest BCUT2D eigenvalue weighted by atomic mass is 9.74. The number of carbonyl (C=O) groups is 3. The standard InChI is InChI=1S/C23H28O7Si/c1-22(2,3)31(4,5)28-13-23-11-15(12-27-19(24)14-9-7-6-8-10-14)18(30-23)16-17(23)21(26)29-20(16)25/h6-11,16-18H,12-13H2,1-5H3/t16?,17?,18-,23+/m1/s1. The van der Waals surface area contributed by atoms with Crippen molar-refractivity contribution in [3.05, 3.63) is 47.5 Å². The third-order valence-corrected chi connectivity index (χ3v) is 11.4. The molecule has 31 heavy (non-hydrogen) atoms. The normalized spacial score (nSPS) is 29.6. The van der Waals surface area contributed by atoms with Crippen LogP contribution in [0.3, 0.4) is 0 Å². The average Bonchev–Trinajstić information content (AvgIpc) is 3.34. The predicted molar refractivity (Wildman–Crippen MR) is 114 cm³/mol. The minimum absolute atomic E-state index is 0.0229. The number of hydrogen-bond acceptors (Lipinski definition) is 7. The van der Waals surface area contributed by atoms with Gasteiger partial charge < -0.3 is 18.6 Å². The van der Waals surface area contributed by atoms with Crippen LogP contribution in [0, 0.1) is 11.8 Å². The molecule has 7 nitrogen and oxygen atoms in total. The fourth-order valence-electron chi connectivity index (χ4n) is 4.13. The molecule has 2 bridgehead atoms. The van der Waals surface area contributed by atoms with Crippen LogP contribution in [-0.2, 0) is 28.2 Å². The molecule has 0 radical (unpaired) electrons. The Labute approximate surface area is 182 Å². The van der Waals surface area contributed by atoms with Gasteiger partial charge in [0.05, 0.1) is 18.3 Å². The first-order valence-electron chi connectivity index (χ1n) is 10.5. The van der Waals surface area contributed by atoms with Crippen LogP contribution in [0.5, 0.6) is 0 Å². The van der Waals surface area contributed by atoms with Crippen molar-refractivity contribution in [2.24, 2.45) is 11.8 Å². The van der Waals surface area contributed by atoms with Gasteiger partial charge in [0.1, 0.15) is 24.0 Å². The molecule has 1 aromatic rings. The van der Waals surface area contributed by atoms with E-state index < -0.39 is 49.8 Å². The monoisotopic (exact) mass is 444 g/mol. The van der Waals surface area contributed by atoms with Crippen LogP contribution in [0.15, 0.2) is 42.0 Å². The van der Waals surface area contributed by atoms with Crippen molar-refractivity contribution in [1.82, 2.24) is 0 Å². The number of benzene rings is 1. The molecule has 2 fully saturated rings. The zero-order valence-electron chi connectivity index (χ0n) is 18.5. The Hall–Kier alpha value is -2.29. The van der Waals surface area contributed by atoms with E-state index in [1.807, 2.05) is 12.1 Å². The fraction of sp³-hybridized carbons (Fsp3) is 0.522. The molecule has 0 N–H and O–H groups in total. The van der Waals surface area contributed by atoms with Crippen LogP contribution in [0.1, 0.15) is 31.1 Å². The Morgan fingerprint density at radius 2 is 1.81 bits per heavy atom. The van der Waals surface area contributed by atoms with Gasteiger partial charge in [-0.05, 0) is 41.9 Å². The van der Waals surface area contributed by atoms with Crippen molar-refractivity contribution < 1.29 is 33.0 Å². The second-order valence-corrected chi connectivity index (χ2v) is 14.8. The molecule has 4 atom stereocenters. The van der Waals surface area contributed by atoms with E-state index in [0.29, 0.717) is 11.1 Å². The Kier molecular flexibility index (Phi) is 5.23. The maximum Gasteiger partial charge on any atom is 0.338 e. The van der Waals surface area contributed by atoms with Crippen LogP contribution in [0.2, 0.25) is 18.1 Å². The molecule has 0 spiro atoms. The summed E-state index contributed by atoms with van der Waals surface area (Å²) in [5.41, 5.74) is 0.0234. The Bertz CT molecular complexity index is 946. The first kappa shape index (κ1) is 21.9.